The smallest absolute Gasteiger partial charge is 0.407 e. The number of nitrogens with one attached hydrogen (secondary N) is 1. The number of carbonyl (C=O) groups excluding carboxylic acids is 1. The Balaban J connectivity index is 1.50. The van der Waals surface area contributed by atoms with Crippen LogP contribution in [0.5, 0.6) is 0 Å². The highest BCUT2D eigenvalue weighted by atomic mass is 16.4. The minimum Gasteiger partial charge on any atom is -0.465 e. The van der Waals surface area contributed by atoms with Gasteiger partial charge in [-0.25, -0.2) is 4.79 Å². The number of nitrogens with zero attached hydrogens (tertiary/aromatic N) is 2. The maximum Gasteiger partial charge on any atom is 0.407 e. The summed E-state index contributed by atoms with van der Waals surface area (Å²) < 4.78 is 0. The van der Waals surface area contributed by atoms with E-state index in [1.165, 1.54) is 4.90 Å². The minimum atomic E-state index is -0.856. The molecule has 1 aromatic carbocycles. The molecule has 2 aromatic rings. The van der Waals surface area contributed by atoms with Gasteiger partial charge in [0.1, 0.15) is 0 Å². The maximum absolute atomic E-state index is 12.6. The molecule has 4 rings (SSSR count). The molecule has 114 valence electrons. The summed E-state index contributed by atoms with van der Waals surface area (Å²) in [6.07, 6.45) is 1.00. The van der Waals surface area contributed by atoms with Gasteiger partial charge in [-0.05, 0) is 24.3 Å². The molecule has 3 heterocycles. The van der Waals surface area contributed by atoms with E-state index in [0.717, 1.165) is 10.9 Å². The normalized spacial score (nSPS) is 24.0. The van der Waals surface area contributed by atoms with Gasteiger partial charge in [0.2, 0.25) is 0 Å². The lowest BCUT2D eigenvalue weighted by atomic mass is 10.0. The van der Waals surface area contributed by atoms with Crippen LogP contribution < -0.4 is 0 Å². The van der Waals surface area contributed by atoms with Gasteiger partial charge in [0, 0.05) is 60.7 Å². The summed E-state index contributed by atoms with van der Waals surface area (Å²) in [5.41, 5.74) is 1.72. The van der Waals surface area contributed by atoms with Crippen molar-refractivity contribution < 1.29 is 14.7 Å². The number of carbonyl (C=O) groups is 2. The molecular weight excluding hydrogens is 282 g/mol. The van der Waals surface area contributed by atoms with Gasteiger partial charge in [-0.15, -0.1) is 0 Å². The summed E-state index contributed by atoms with van der Waals surface area (Å²) in [6, 6.07) is 7.63. The van der Waals surface area contributed by atoms with Crippen LogP contribution in [0.25, 0.3) is 10.9 Å². The molecule has 1 aromatic heterocycles. The number of aromatic amines is 1. The molecular formula is C16H17N3O3. The summed E-state index contributed by atoms with van der Waals surface area (Å²) in [5, 5.41) is 10.1. The summed E-state index contributed by atoms with van der Waals surface area (Å²) in [6.45, 7) is 2.39. The molecule has 0 radical (unpaired) electrons. The number of amides is 2. The van der Waals surface area contributed by atoms with Crippen molar-refractivity contribution in [3.05, 3.63) is 36.0 Å². The number of carboxylic acid groups (broad SMARTS) is 1. The van der Waals surface area contributed by atoms with Gasteiger partial charge < -0.3 is 19.9 Å². The molecule has 2 atom stereocenters. The quantitative estimate of drug-likeness (QED) is 0.843. The SMILES string of the molecule is O=C(O)N1CC2CN(C(=O)c3ccc4[nH]ccc4c3)CC2C1. The molecule has 0 saturated carbocycles. The van der Waals surface area contributed by atoms with E-state index in [0.29, 0.717) is 31.7 Å². The van der Waals surface area contributed by atoms with Crippen molar-refractivity contribution in [1.82, 2.24) is 14.8 Å². The van der Waals surface area contributed by atoms with Gasteiger partial charge in [0.25, 0.3) is 5.91 Å². The lowest BCUT2D eigenvalue weighted by molar-refractivity contribution is 0.0774. The molecule has 2 aliphatic heterocycles. The Morgan fingerprint density at radius 3 is 2.41 bits per heavy atom. The van der Waals surface area contributed by atoms with Gasteiger partial charge in [-0.3, -0.25) is 4.79 Å². The van der Waals surface area contributed by atoms with Gasteiger partial charge >= 0.3 is 6.09 Å². The van der Waals surface area contributed by atoms with E-state index < -0.39 is 6.09 Å². The highest BCUT2D eigenvalue weighted by molar-refractivity contribution is 5.98. The predicted molar refractivity (Wildman–Crippen MR) is 80.8 cm³/mol. The molecule has 2 unspecified atom stereocenters. The van der Waals surface area contributed by atoms with Crippen molar-refractivity contribution in [2.75, 3.05) is 26.2 Å². The molecule has 0 spiro atoms. The fraction of sp³-hybridized carbons (Fsp3) is 0.375. The van der Waals surface area contributed by atoms with Crippen LogP contribution in [0.2, 0.25) is 0 Å². The molecule has 2 fully saturated rings. The van der Waals surface area contributed by atoms with E-state index in [4.69, 9.17) is 5.11 Å². The third kappa shape index (κ3) is 2.03. The van der Waals surface area contributed by atoms with E-state index in [1.54, 1.807) is 0 Å². The second-order valence-electron chi connectivity index (χ2n) is 6.20. The minimum absolute atomic E-state index is 0.0411. The number of hydrogen-bond donors (Lipinski definition) is 2. The largest absolute Gasteiger partial charge is 0.465 e. The first-order valence-corrected chi connectivity index (χ1v) is 7.46. The molecule has 2 amide bonds. The van der Waals surface area contributed by atoms with E-state index in [1.807, 2.05) is 35.4 Å². The first-order valence-electron chi connectivity index (χ1n) is 7.46. The summed E-state index contributed by atoms with van der Waals surface area (Å²) in [7, 11) is 0. The number of H-pyrrole nitrogens is 1. The summed E-state index contributed by atoms with van der Waals surface area (Å²) in [5.74, 6) is 0.589. The number of benzene rings is 1. The predicted octanol–water partition coefficient (Wildman–Crippen LogP) is 1.85. The van der Waals surface area contributed by atoms with Crippen molar-refractivity contribution in [2.45, 2.75) is 0 Å². The lowest BCUT2D eigenvalue weighted by Gasteiger charge is -2.20. The zero-order chi connectivity index (χ0) is 15.3. The Labute approximate surface area is 127 Å². The molecule has 6 nitrogen and oxygen atoms in total. The van der Waals surface area contributed by atoms with Crippen molar-refractivity contribution in [1.29, 1.82) is 0 Å². The third-order valence-corrected chi connectivity index (χ3v) is 4.84. The Morgan fingerprint density at radius 2 is 1.73 bits per heavy atom. The van der Waals surface area contributed by atoms with Crippen molar-refractivity contribution in [3.63, 3.8) is 0 Å². The van der Waals surface area contributed by atoms with Crippen LogP contribution in [-0.4, -0.2) is 58.1 Å². The second kappa shape index (κ2) is 4.76. The average molecular weight is 299 g/mol. The zero-order valence-electron chi connectivity index (χ0n) is 12.0. The van der Waals surface area contributed by atoms with Crippen LogP contribution in [-0.2, 0) is 0 Å². The first-order chi connectivity index (χ1) is 10.6. The van der Waals surface area contributed by atoms with Crippen LogP contribution in [0.15, 0.2) is 30.5 Å². The lowest BCUT2D eigenvalue weighted by Crippen LogP contribution is -2.35. The number of fused-ring (bicyclic) bond motifs is 2. The van der Waals surface area contributed by atoms with Gasteiger partial charge in [-0.2, -0.15) is 0 Å². The number of rotatable bonds is 1. The maximum atomic E-state index is 12.6. The number of aromatic nitrogens is 1. The molecule has 2 saturated heterocycles. The monoisotopic (exact) mass is 299 g/mol. The summed E-state index contributed by atoms with van der Waals surface area (Å²) in [4.78, 5) is 30.1. The van der Waals surface area contributed by atoms with Crippen molar-refractivity contribution >= 4 is 22.9 Å². The van der Waals surface area contributed by atoms with Gasteiger partial charge in [0.15, 0.2) is 0 Å². The van der Waals surface area contributed by atoms with Crippen LogP contribution in [0.3, 0.4) is 0 Å². The highest BCUT2D eigenvalue weighted by Crippen LogP contribution is 2.32. The number of hydrogen-bond acceptors (Lipinski definition) is 2. The van der Waals surface area contributed by atoms with Crippen molar-refractivity contribution in [3.8, 4) is 0 Å². The Bertz CT molecular complexity index is 740. The highest BCUT2D eigenvalue weighted by Gasteiger charge is 2.43. The average Bonchev–Trinajstić information content (AvgIpc) is 3.18. The third-order valence-electron chi connectivity index (χ3n) is 4.84. The van der Waals surface area contributed by atoms with E-state index >= 15 is 0 Å². The first kappa shape index (κ1) is 13.2. The second-order valence-corrected chi connectivity index (χ2v) is 6.20. The zero-order valence-corrected chi connectivity index (χ0v) is 12.0. The van der Waals surface area contributed by atoms with Crippen LogP contribution in [0.1, 0.15) is 10.4 Å². The molecule has 0 aliphatic carbocycles. The topological polar surface area (TPSA) is 76.6 Å². The van der Waals surface area contributed by atoms with E-state index in [2.05, 4.69) is 4.98 Å². The molecule has 22 heavy (non-hydrogen) atoms. The Morgan fingerprint density at radius 1 is 1.05 bits per heavy atom. The Hall–Kier alpha value is -2.50. The Kier molecular flexibility index (Phi) is 2.85. The van der Waals surface area contributed by atoms with Crippen molar-refractivity contribution in [2.24, 2.45) is 11.8 Å². The fourth-order valence-electron chi connectivity index (χ4n) is 3.68. The molecule has 2 aliphatic rings. The molecule has 2 N–H and O–H groups in total. The molecule has 0 bridgehead atoms. The van der Waals surface area contributed by atoms with Gasteiger partial charge in [0.05, 0.1) is 0 Å². The fourth-order valence-corrected chi connectivity index (χ4v) is 3.68. The standard InChI is InChI=1S/C16H17N3O3/c20-15(11-1-2-14-10(5-11)3-4-17-14)18-6-12-8-19(16(21)22)9-13(12)7-18/h1-5,12-13,17H,6-9H2,(H,21,22). The van der Waals surface area contributed by atoms with E-state index in [-0.39, 0.29) is 17.7 Å². The van der Waals surface area contributed by atoms with Gasteiger partial charge in [-0.1, -0.05) is 0 Å². The molecule has 6 heteroatoms. The van der Waals surface area contributed by atoms with E-state index in [9.17, 15) is 9.59 Å². The number of likely N-dealkylation sites (tertiary alicyclic amines) is 2. The van der Waals surface area contributed by atoms with Crippen LogP contribution in [0, 0.1) is 11.8 Å². The van der Waals surface area contributed by atoms with Crippen LogP contribution in [0.4, 0.5) is 4.79 Å². The summed E-state index contributed by atoms with van der Waals surface area (Å²) >= 11 is 0. The van der Waals surface area contributed by atoms with Crippen LogP contribution >= 0.6 is 0 Å².